The highest BCUT2D eigenvalue weighted by Gasteiger charge is 2.30. The topological polar surface area (TPSA) is 47.0 Å². The molecule has 0 atom stereocenters. The first-order valence-corrected chi connectivity index (χ1v) is 9.85. The van der Waals surface area contributed by atoms with Gasteiger partial charge in [-0.2, -0.15) is 13.2 Å². The molecule has 1 heterocycles. The zero-order chi connectivity index (χ0) is 18.2. The molecule has 130 valence electrons. The lowest BCUT2D eigenvalue weighted by atomic mass is 10.1. The van der Waals surface area contributed by atoms with Gasteiger partial charge in [0.25, 0.3) is 0 Å². The third kappa shape index (κ3) is 3.91. The van der Waals surface area contributed by atoms with Crippen LogP contribution < -0.4 is 0 Å². The lowest BCUT2D eigenvalue weighted by molar-refractivity contribution is -0.137. The first kappa shape index (κ1) is 17.6. The fraction of sp³-hybridized carbons (Fsp3) is 0.118. The maximum Gasteiger partial charge on any atom is 0.416 e. The van der Waals surface area contributed by atoms with E-state index in [0.717, 1.165) is 18.4 Å². The van der Waals surface area contributed by atoms with Crippen LogP contribution in [0.2, 0.25) is 0 Å². The smallest absolute Gasteiger partial charge is 0.236 e. The molecule has 8 heteroatoms. The maximum absolute atomic E-state index is 12.8. The summed E-state index contributed by atoms with van der Waals surface area (Å²) in [6.45, 7) is 0. The maximum atomic E-state index is 12.8. The van der Waals surface area contributed by atoms with Crippen molar-refractivity contribution < 1.29 is 21.6 Å². The first-order valence-electron chi connectivity index (χ1n) is 7.08. The van der Waals surface area contributed by atoms with E-state index in [1.165, 1.54) is 29.5 Å². The van der Waals surface area contributed by atoms with E-state index in [1.807, 2.05) is 0 Å². The Morgan fingerprint density at radius 2 is 1.68 bits per heavy atom. The Bertz CT molecular complexity index is 1010. The second-order valence-electron chi connectivity index (χ2n) is 5.41. The van der Waals surface area contributed by atoms with Crippen LogP contribution >= 0.6 is 11.3 Å². The summed E-state index contributed by atoms with van der Waals surface area (Å²) in [5.41, 5.74) is 0.942. The van der Waals surface area contributed by atoms with E-state index < -0.39 is 21.6 Å². The van der Waals surface area contributed by atoms with Gasteiger partial charge in [-0.1, -0.05) is 24.3 Å². The third-order valence-corrected chi connectivity index (χ3v) is 5.54. The van der Waals surface area contributed by atoms with Gasteiger partial charge in [0.1, 0.15) is 5.01 Å². The fourth-order valence-corrected chi connectivity index (χ4v) is 3.70. The molecule has 0 unspecified atom stereocenters. The number of hydrogen-bond acceptors (Lipinski definition) is 4. The number of hydrogen-bond donors (Lipinski definition) is 0. The van der Waals surface area contributed by atoms with E-state index in [1.54, 1.807) is 23.6 Å². The van der Waals surface area contributed by atoms with Crippen molar-refractivity contribution >= 4 is 21.2 Å². The summed E-state index contributed by atoms with van der Waals surface area (Å²) in [5.74, 6) is 0. The van der Waals surface area contributed by atoms with Gasteiger partial charge < -0.3 is 0 Å². The van der Waals surface area contributed by atoms with Crippen molar-refractivity contribution in [3.8, 4) is 21.8 Å². The summed E-state index contributed by atoms with van der Waals surface area (Å²) < 4.78 is 61.4. The highest BCUT2D eigenvalue weighted by Crippen LogP contribution is 2.34. The Labute approximate surface area is 146 Å². The van der Waals surface area contributed by atoms with Crippen LogP contribution in [0.5, 0.6) is 0 Å². The lowest BCUT2D eigenvalue weighted by Gasteiger charge is -2.07. The predicted molar refractivity (Wildman–Crippen MR) is 91.1 cm³/mol. The minimum absolute atomic E-state index is 0.199. The summed E-state index contributed by atoms with van der Waals surface area (Å²) in [5, 5.41) is 2.19. The number of halogens is 3. The second kappa shape index (κ2) is 6.27. The average Bonchev–Trinajstić information content (AvgIpc) is 3.03. The van der Waals surface area contributed by atoms with Crippen LogP contribution in [0.4, 0.5) is 13.2 Å². The second-order valence-corrected chi connectivity index (χ2v) is 8.29. The number of benzene rings is 2. The lowest BCUT2D eigenvalue weighted by Crippen LogP contribution is -2.04. The Morgan fingerprint density at radius 1 is 1.00 bits per heavy atom. The standard InChI is InChI=1S/C17H12F3NO2S2/c1-25(22,23)14-7-5-11(6-8-14)15-10-24-16(21-15)12-3-2-4-13(9-12)17(18,19)20/h2-10H,1H3. The van der Waals surface area contributed by atoms with Crippen molar-refractivity contribution in [3.05, 3.63) is 59.5 Å². The Kier molecular flexibility index (Phi) is 4.42. The molecule has 0 aliphatic heterocycles. The molecule has 1 aromatic heterocycles. The van der Waals surface area contributed by atoms with Crippen molar-refractivity contribution in [2.75, 3.05) is 6.26 Å². The molecule has 3 aromatic rings. The monoisotopic (exact) mass is 383 g/mol. The SMILES string of the molecule is CS(=O)(=O)c1ccc(-c2csc(-c3cccc(C(F)(F)F)c3)n2)cc1. The number of aromatic nitrogens is 1. The molecule has 25 heavy (non-hydrogen) atoms. The Morgan fingerprint density at radius 3 is 2.28 bits per heavy atom. The number of rotatable bonds is 3. The van der Waals surface area contributed by atoms with Gasteiger partial charge in [-0.25, -0.2) is 13.4 Å². The van der Waals surface area contributed by atoms with Gasteiger partial charge in [0.15, 0.2) is 9.84 Å². The number of alkyl halides is 3. The molecule has 0 fully saturated rings. The fourth-order valence-electron chi connectivity index (χ4n) is 2.24. The van der Waals surface area contributed by atoms with Crippen LogP contribution in [0.3, 0.4) is 0 Å². The average molecular weight is 383 g/mol. The van der Waals surface area contributed by atoms with Crippen LogP contribution in [-0.2, 0) is 16.0 Å². The van der Waals surface area contributed by atoms with E-state index in [-0.39, 0.29) is 4.90 Å². The van der Waals surface area contributed by atoms with Gasteiger partial charge in [0.05, 0.1) is 16.2 Å². The van der Waals surface area contributed by atoms with E-state index in [4.69, 9.17) is 0 Å². The summed E-state index contributed by atoms with van der Waals surface area (Å²) in [7, 11) is -3.28. The molecule has 0 saturated carbocycles. The molecule has 0 N–H and O–H groups in total. The first-order chi connectivity index (χ1) is 11.6. The van der Waals surface area contributed by atoms with Crippen LogP contribution in [0.25, 0.3) is 21.8 Å². The normalized spacial score (nSPS) is 12.3. The van der Waals surface area contributed by atoms with E-state index in [9.17, 15) is 21.6 Å². The summed E-state index contributed by atoms with van der Waals surface area (Å²) in [4.78, 5) is 4.57. The minimum Gasteiger partial charge on any atom is -0.236 e. The Hall–Kier alpha value is -2.19. The van der Waals surface area contributed by atoms with Gasteiger partial charge in [-0.3, -0.25) is 0 Å². The molecule has 0 aliphatic carbocycles. The highest BCUT2D eigenvalue weighted by atomic mass is 32.2. The molecule has 0 saturated heterocycles. The van der Waals surface area contributed by atoms with Crippen LogP contribution in [0.15, 0.2) is 58.8 Å². The van der Waals surface area contributed by atoms with Crippen molar-refractivity contribution in [1.82, 2.24) is 4.98 Å². The molecule has 2 aromatic carbocycles. The third-order valence-electron chi connectivity index (χ3n) is 3.52. The minimum atomic E-state index is -4.41. The van der Waals surface area contributed by atoms with Crippen LogP contribution in [0, 0.1) is 0 Å². The molecule has 0 aliphatic rings. The van der Waals surface area contributed by atoms with Gasteiger partial charge in [-0.15, -0.1) is 11.3 Å². The van der Waals surface area contributed by atoms with Crippen molar-refractivity contribution in [1.29, 1.82) is 0 Å². The molecular formula is C17H12F3NO2S2. The zero-order valence-electron chi connectivity index (χ0n) is 12.9. The van der Waals surface area contributed by atoms with Crippen LogP contribution in [-0.4, -0.2) is 19.7 Å². The van der Waals surface area contributed by atoms with Crippen molar-refractivity contribution in [3.63, 3.8) is 0 Å². The van der Waals surface area contributed by atoms with Gasteiger partial charge >= 0.3 is 6.18 Å². The molecule has 0 radical (unpaired) electrons. The van der Waals surface area contributed by atoms with E-state index in [2.05, 4.69) is 4.98 Å². The molecule has 0 bridgehead atoms. The molecule has 3 nitrogen and oxygen atoms in total. The van der Waals surface area contributed by atoms with Crippen LogP contribution in [0.1, 0.15) is 5.56 Å². The number of nitrogens with zero attached hydrogens (tertiary/aromatic N) is 1. The van der Waals surface area contributed by atoms with E-state index >= 15 is 0 Å². The molecule has 0 spiro atoms. The largest absolute Gasteiger partial charge is 0.416 e. The van der Waals surface area contributed by atoms with E-state index in [0.29, 0.717) is 21.8 Å². The van der Waals surface area contributed by atoms with Crippen molar-refractivity contribution in [2.45, 2.75) is 11.1 Å². The van der Waals surface area contributed by atoms with Gasteiger partial charge in [-0.05, 0) is 24.3 Å². The number of thiazole rings is 1. The van der Waals surface area contributed by atoms with Gasteiger partial charge in [0.2, 0.25) is 0 Å². The van der Waals surface area contributed by atoms with Crippen molar-refractivity contribution in [2.24, 2.45) is 0 Å². The summed E-state index contributed by atoms with van der Waals surface area (Å²) in [6, 6.07) is 11.2. The molecule has 0 amide bonds. The highest BCUT2D eigenvalue weighted by molar-refractivity contribution is 7.90. The molecule has 3 rings (SSSR count). The Balaban J connectivity index is 1.93. The number of sulfone groups is 1. The summed E-state index contributed by atoms with van der Waals surface area (Å²) in [6.07, 6.45) is -3.28. The van der Waals surface area contributed by atoms with Gasteiger partial charge in [0, 0.05) is 22.8 Å². The zero-order valence-corrected chi connectivity index (χ0v) is 14.5. The quantitative estimate of drug-likeness (QED) is 0.646. The summed E-state index contributed by atoms with van der Waals surface area (Å²) >= 11 is 1.23. The predicted octanol–water partition coefficient (Wildman–Crippen LogP) is 4.90. The molecular weight excluding hydrogens is 371 g/mol.